The first kappa shape index (κ1) is 17.1. The van der Waals surface area contributed by atoms with Crippen LogP contribution < -0.4 is 10.6 Å². The standard InChI is InChI=1S/C17H19ClN2S2/c1-12(2)11-19-17(21)20-15-5-3-4-6-16(15)22-14-9-7-13(18)8-10-14/h3-10,12H,11H2,1-2H3,(H2,19,20,21). The van der Waals surface area contributed by atoms with Crippen LogP contribution in [0.4, 0.5) is 5.69 Å². The van der Waals surface area contributed by atoms with Crippen LogP contribution in [0.15, 0.2) is 58.3 Å². The molecule has 0 saturated heterocycles. The van der Waals surface area contributed by atoms with Gasteiger partial charge in [-0.05, 0) is 54.5 Å². The van der Waals surface area contributed by atoms with E-state index >= 15 is 0 Å². The van der Waals surface area contributed by atoms with E-state index in [1.165, 1.54) is 0 Å². The molecule has 2 N–H and O–H groups in total. The minimum absolute atomic E-state index is 0.554. The molecule has 0 radical (unpaired) electrons. The van der Waals surface area contributed by atoms with Crippen LogP contribution >= 0.6 is 35.6 Å². The lowest BCUT2D eigenvalue weighted by Gasteiger charge is -2.15. The second-order valence-electron chi connectivity index (χ2n) is 5.28. The molecule has 0 amide bonds. The zero-order chi connectivity index (χ0) is 15.9. The summed E-state index contributed by atoms with van der Waals surface area (Å²) in [6.07, 6.45) is 0. The van der Waals surface area contributed by atoms with E-state index in [2.05, 4.69) is 30.5 Å². The Morgan fingerprint density at radius 2 is 1.82 bits per heavy atom. The predicted octanol–water partition coefficient (Wildman–Crippen LogP) is 5.43. The molecule has 5 heteroatoms. The Labute approximate surface area is 146 Å². The Kier molecular flexibility index (Phi) is 6.55. The Morgan fingerprint density at radius 3 is 2.50 bits per heavy atom. The first-order valence-corrected chi connectivity index (χ1v) is 8.72. The van der Waals surface area contributed by atoms with E-state index in [0.29, 0.717) is 11.0 Å². The first-order valence-electron chi connectivity index (χ1n) is 7.12. The molecule has 0 aliphatic heterocycles. The Morgan fingerprint density at radius 1 is 1.14 bits per heavy atom. The van der Waals surface area contributed by atoms with Crippen molar-refractivity contribution in [2.45, 2.75) is 23.6 Å². The van der Waals surface area contributed by atoms with E-state index in [9.17, 15) is 0 Å². The Balaban J connectivity index is 2.06. The fourth-order valence-electron chi connectivity index (χ4n) is 1.75. The summed E-state index contributed by atoms with van der Waals surface area (Å²) in [6.45, 7) is 5.16. The van der Waals surface area contributed by atoms with Gasteiger partial charge in [-0.1, -0.05) is 49.3 Å². The van der Waals surface area contributed by atoms with Gasteiger partial charge in [0.15, 0.2) is 5.11 Å². The number of para-hydroxylation sites is 1. The maximum atomic E-state index is 5.93. The number of nitrogens with one attached hydrogen (secondary N) is 2. The van der Waals surface area contributed by atoms with Crippen LogP contribution in [0.3, 0.4) is 0 Å². The average molecular weight is 351 g/mol. The Bertz CT molecular complexity index is 627. The Hall–Kier alpha value is -1.23. The molecule has 0 heterocycles. The van der Waals surface area contributed by atoms with E-state index in [1.54, 1.807) is 11.8 Å². The molecule has 0 saturated carbocycles. The highest BCUT2D eigenvalue weighted by Gasteiger charge is 2.06. The monoisotopic (exact) mass is 350 g/mol. The number of hydrogen-bond acceptors (Lipinski definition) is 2. The smallest absolute Gasteiger partial charge is 0.170 e. The lowest BCUT2D eigenvalue weighted by atomic mass is 10.2. The summed E-state index contributed by atoms with van der Waals surface area (Å²) in [5, 5.41) is 7.89. The topological polar surface area (TPSA) is 24.1 Å². The van der Waals surface area contributed by atoms with Crippen molar-refractivity contribution in [2.75, 3.05) is 11.9 Å². The molecule has 0 aliphatic carbocycles. The van der Waals surface area contributed by atoms with Crippen molar-refractivity contribution in [3.63, 3.8) is 0 Å². The van der Waals surface area contributed by atoms with Crippen molar-refractivity contribution in [2.24, 2.45) is 5.92 Å². The fourth-order valence-corrected chi connectivity index (χ4v) is 2.97. The molecule has 0 aliphatic rings. The number of benzene rings is 2. The van der Waals surface area contributed by atoms with Gasteiger partial charge in [-0.15, -0.1) is 0 Å². The number of halogens is 1. The molecule has 0 fully saturated rings. The zero-order valence-corrected chi connectivity index (χ0v) is 15.0. The van der Waals surface area contributed by atoms with Crippen molar-refractivity contribution in [3.05, 3.63) is 53.6 Å². The van der Waals surface area contributed by atoms with Crippen LogP contribution in [-0.2, 0) is 0 Å². The summed E-state index contributed by atoms with van der Waals surface area (Å²) in [6, 6.07) is 15.9. The van der Waals surface area contributed by atoms with Gasteiger partial charge in [0.25, 0.3) is 0 Å². The molecule has 2 rings (SSSR count). The summed E-state index contributed by atoms with van der Waals surface area (Å²) in [7, 11) is 0. The number of hydrogen-bond donors (Lipinski definition) is 2. The highest BCUT2D eigenvalue weighted by molar-refractivity contribution is 7.99. The normalized spacial score (nSPS) is 10.5. The lowest BCUT2D eigenvalue weighted by Crippen LogP contribution is -2.31. The van der Waals surface area contributed by atoms with Gasteiger partial charge < -0.3 is 10.6 Å². The van der Waals surface area contributed by atoms with Crippen LogP contribution in [0.25, 0.3) is 0 Å². The van der Waals surface area contributed by atoms with Gasteiger partial charge in [0, 0.05) is 21.4 Å². The highest BCUT2D eigenvalue weighted by Crippen LogP contribution is 2.33. The SMILES string of the molecule is CC(C)CNC(=S)Nc1ccccc1Sc1ccc(Cl)cc1. The van der Waals surface area contributed by atoms with Crippen molar-refractivity contribution in [3.8, 4) is 0 Å². The molecular formula is C17H19ClN2S2. The van der Waals surface area contributed by atoms with Crippen molar-refractivity contribution >= 4 is 46.4 Å². The molecular weight excluding hydrogens is 332 g/mol. The lowest BCUT2D eigenvalue weighted by molar-refractivity contribution is 0.627. The summed E-state index contributed by atoms with van der Waals surface area (Å²) in [5.41, 5.74) is 1.00. The molecule has 0 unspecified atom stereocenters. The van der Waals surface area contributed by atoms with Crippen LogP contribution in [0.1, 0.15) is 13.8 Å². The quantitative estimate of drug-likeness (QED) is 0.702. The van der Waals surface area contributed by atoms with Gasteiger partial charge in [0.05, 0.1) is 5.69 Å². The van der Waals surface area contributed by atoms with Crippen LogP contribution in [0.2, 0.25) is 5.02 Å². The molecule has 0 spiro atoms. The highest BCUT2D eigenvalue weighted by atomic mass is 35.5. The van der Waals surface area contributed by atoms with Crippen molar-refractivity contribution in [1.82, 2.24) is 5.32 Å². The van der Waals surface area contributed by atoms with Crippen LogP contribution in [0.5, 0.6) is 0 Å². The van der Waals surface area contributed by atoms with Gasteiger partial charge in [0.2, 0.25) is 0 Å². The minimum Gasteiger partial charge on any atom is -0.362 e. The van der Waals surface area contributed by atoms with Gasteiger partial charge in [-0.3, -0.25) is 0 Å². The summed E-state index contributed by atoms with van der Waals surface area (Å²) in [4.78, 5) is 2.26. The van der Waals surface area contributed by atoms with Gasteiger partial charge >= 0.3 is 0 Å². The molecule has 0 bridgehead atoms. The molecule has 0 atom stereocenters. The molecule has 2 aromatic carbocycles. The molecule has 2 aromatic rings. The molecule has 0 aromatic heterocycles. The van der Waals surface area contributed by atoms with E-state index in [-0.39, 0.29) is 0 Å². The average Bonchev–Trinajstić information content (AvgIpc) is 2.49. The molecule has 2 nitrogen and oxygen atoms in total. The van der Waals surface area contributed by atoms with Gasteiger partial charge in [-0.25, -0.2) is 0 Å². The van der Waals surface area contributed by atoms with Gasteiger partial charge in [-0.2, -0.15) is 0 Å². The maximum Gasteiger partial charge on any atom is 0.170 e. The van der Waals surface area contributed by atoms with Crippen LogP contribution in [-0.4, -0.2) is 11.7 Å². The molecule has 22 heavy (non-hydrogen) atoms. The second-order valence-corrected chi connectivity index (χ2v) is 7.24. The van der Waals surface area contributed by atoms with Crippen LogP contribution in [0, 0.1) is 5.92 Å². The maximum absolute atomic E-state index is 5.93. The third-order valence-corrected chi connectivity index (χ3v) is 4.43. The zero-order valence-electron chi connectivity index (χ0n) is 12.6. The fraction of sp³-hybridized carbons (Fsp3) is 0.235. The number of thiocarbonyl (C=S) groups is 1. The van der Waals surface area contributed by atoms with E-state index in [4.69, 9.17) is 23.8 Å². The summed E-state index contributed by atoms with van der Waals surface area (Å²) in [5.74, 6) is 0.554. The predicted molar refractivity (Wildman–Crippen MR) is 101 cm³/mol. The first-order chi connectivity index (χ1) is 10.5. The second kappa shape index (κ2) is 8.42. The third-order valence-electron chi connectivity index (χ3n) is 2.85. The van der Waals surface area contributed by atoms with Crippen molar-refractivity contribution in [1.29, 1.82) is 0 Å². The minimum atomic E-state index is 0.554. The van der Waals surface area contributed by atoms with Gasteiger partial charge in [0.1, 0.15) is 0 Å². The summed E-state index contributed by atoms with van der Waals surface area (Å²) >= 11 is 13.0. The van der Waals surface area contributed by atoms with Crippen molar-refractivity contribution < 1.29 is 0 Å². The van der Waals surface area contributed by atoms with E-state index in [1.807, 2.05) is 42.5 Å². The number of anilines is 1. The largest absolute Gasteiger partial charge is 0.362 e. The summed E-state index contributed by atoms with van der Waals surface area (Å²) < 4.78 is 0. The number of rotatable bonds is 5. The third kappa shape index (κ3) is 5.52. The van der Waals surface area contributed by atoms with E-state index in [0.717, 1.165) is 27.0 Å². The van der Waals surface area contributed by atoms with E-state index < -0.39 is 0 Å². The molecule has 116 valence electrons.